The van der Waals surface area contributed by atoms with Crippen LogP contribution in [0.1, 0.15) is 19.7 Å². The average Bonchev–Trinajstić information content (AvgIpc) is 2.27. The standard InChI is InChI=1S/C13H22N6/c1-10-16-11(15-6-7-19(4)5)8-12(17-10)18-13(2,3)9-14/h8H,6-7H2,1-5H3,(H2,15,16,17,18). The largest absolute Gasteiger partial charge is 0.369 e. The van der Waals surface area contributed by atoms with Crippen LogP contribution in [0.2, 0.25) is 0 Å². The number of aromatic nitrogens is 2. The highest BCUT2D eigenvalue weighted by molar-refractivity contribution is 5.49. The molecule has 0 bridgehead atoms. The quantitative estimate of drug-likeness (QED) is 0.808. The van der Waals surface area contributed by atoms with Crippen molar-refractivity contribution in [2.45, 2.75) is 26.3 Å². The number of likely N-dealkylation sites (N-methyl/N-ethyl adjacent to an activating group) is 1. The lowest BCUT2D eigenvalue weighted by atomic mass is 10.1. The van der Waals surface area contributed by atoms with Gasteiger partial charge in [0.05, 0.1) is 6.07 Å². The zero-order valence-corrected chi connectivity index (χ0v) is 12.3. The summed E-state index contributed by atoms with van der Waals surface area (Å²) in [6, 6.07) is 4.01. The Bertz CT molecular complexity index is 461. The third-order valence-corrected chi connectivity index (χ3v) is 2.42. The van der Waals surface area contributed by atoms with E-state index in [-0.39, 0.29) is 0 Å². The lowest BCUT2D eigenvalue weighted by molar-refractivity contribution is 0.425. The van der Waals surface area contributed by atoms with Gasteiger partial charge in [-0.05, 0) is 34.9 Å². The monoisotopic (exact) mass is 262 g/mol. The van der Waals surface area contributed by atoms with Crippen molar-refractivity contribution >= 4 is 11.6 Å². The molecule has 0 fully saturated rings. The molecule has 0 spiro atoms. The van der Waals surface area contributed by atoms with E-state index in [0.29, 0.717) is 11.6 Å². The van der Waals surface area contributed by atoms with Gasteiger partial charge in [-0.2, -0.15) is 5.26 Å². The Balaban J connectivity index is 2.75. The molecule has 6 heteroatoms. The van der Waals surface area contributed by atoms with E-state index in [1.54, 1.807) is 0 Å². The molecule has 1 rings (SSSR count). The van der Waals surface area contributed by atoms with Crippen LogP contribution in [0, 0.1) is 18.3 Å². The first-order chi connectivity index (χ1) is 8.82. The van der Waals surface area contributed by atoms with E-state index in [1.807, 2.05) is 40.9 Å². The molecule has 0 aliphatic carbocycles. The van der Waals surface area contributed by atoms with E-state index < -0.39 is 5.54 Å². The molecule has 0 saturated heterocycles. The second-order valence-electron chi connectivity index (χ2n) is 5.28. The molecule has 6 nitrogen and oxygen atoms in total. The number of hydrogen-bond donors (Lipinski definition) is 2. The average molecular weight is 262 g/mol. The fraction of sp³-hybridized carbons (Fsp3) is 0.615. The normalized spacial score (nSPS) is 11.2. The van der Waals surface area contributed by atoms with Gasteiger partial charge in [-0.25, -0.2) is 9.97 Å². The number of nitriles is 1. The summed E-state index contributed by atoms with van der Waals surface area (Å²) in [7, 11) is 4.05. The van der Waals surface area contributed by atoms with Crippen LogP contribution < -0.4 is 10.6 Å². The summed E-state index contributed by atoms with van der Waals surface area (Å²) in [4.78, 5) is 10.7. The molecule has 0 aromatic carbocycles. The Kier molecular flexibility index (Phi) is 5.07. The molecule has 0 aliphatic heterocycles. The summed E-state index contributed by atoms with van der Waals surface area (Å²) in [5.74, 6) is 2.10. The Hall–Kier alpha value is -1.87. The van der Waals surface area contributed by atoms with E-state index in [2.05, 4.69) is 31.6 Å². The van der Waals surface area contributed by atoms with E-state index in [4.69, 9.17) is 5.26 Å². The highest BCUT2D eigenvalue weighted by Gasteiger charge is 2.17. The zero-order chi connectivity index (χ0) is 14.5. The van der Waals surface area contributed by atoms with Crippen molar-refractivity contribution in [1.82, 2.24) is 14.9 Å². The van der Waals surface area contributed by atoms with E-state index in [1.165, 1.54) is 0 Å². The first kappa shape index (κ1) is 15.2. The zero-order valence-electron chi connectivity index (χ0n) is 12.3. The Morgan fingerprint density at radius 2 is 1.95 bits per heavy atom. The first-order valence-electron chi connectivity index (χ1n) is 6.26. The molecule has 19 heavy (non-hydrogen) atoms. The third kappa shape index (κ3) is 5.53. The van der Waals surface area contributed by atoms with Crippen molar-refractivity contribution in [1.29, 1.82) is 5.26 Å². The Morgan fingerprint density at radius 3 is 2.53 bits per heavy atom. The number of rotatable bonds is 6. The number of aryl methyl sites for hydroxylation is 1. The fourth-order valence-corrected chi connectivity index (χ4v) is 1.48. The van der Waals surface area contributed by atoms with Gasteiger partial charge < -0.3 is 15.5 Å². The molecule has 0 aliphatic rings. The molecule has 1 aromatic heterocycles. The predicted molar refractivity (Wildman–Crippen MR) is 77.1 cm³/mol. The highest BCUT2D eigenvalue weighted by atomic mass is 15.1. The maximum atomic E-state index is 9.02. The van der Waals surface area contributed by atoms with Gasteiger partial charge in [-0.1, -0.05) is 0 Å². The van der Waals surface area contributed by atoms with Crippen LogP contribution in [0.5, 0.6) is 0 Å². The van der Waals surface area contributed by atoms with Gasteiger partial charge >= 0.3 is 0 Å². The molecule has 0 amide bonds. The minimum absolute atomic E-state index is 0.651. The molecule has 104 valence electrons. The fourth-order valence-electron chi connectivity index (χ4n) is 1.48. The van der Waals surface area contributed by atoms with Crippen LogP contribution in [0.25, 0.3) is 0 Å². The summed E-state index contributed by atoms with van der Waals surface area (Å²) in [6.45, 7) is 7.19. The number of anilines is 2. The van der Waals surface area contributed by atoms with Crippen molar-refractivity contribution in [3.63, 3.8) is 0 Å². The molecule has 1 aromatic rings. The third-order valence-electron chi connectivity index (χ3n) is 2.42. The van der Waals surface area contributed by atoms with Crippen molar-refractivity contribution in [3.05, 3.63) is 11.9 Å². The van der Waals surface area contributed by atoms with Gasteiger partial charge in [0.1, 0.15) is 23.0 Å². The van der Waals surface area contributed by atoms with Crippen LogP contribution in [0.4, 0.5) is 11.6 Å². The van der Waals surface area contributed by atoms with Crippen LogP contribution in [-0.2, 0) is 0 Å². The van der Waals surface area contributed by atoms with Gasteiger partial charge in [0.25, 0.3) is 0 Å². The van der Waals surface area contributed by atoms with Crippen molar-refractivity contribution in [2.24, 2.45) is 0 Å². The molecule has 0 atom stereocenters. The highest BCUT2D eigenvalue weighted by Crippen LogP contribution is 2.15. The molecule has 1 heterocycles. The molecular formula is C13H22N6. The Morgan fingerprint density at radius 1 is 1.32 bits per heavy atom. The van der Waals surface area contributed by atoms with Crippen LogP contribution in [-0.4, -0.2) is 47.6 Å². The van der Waals surface area contributed by atoms with Gasteiger partial charge in [-0.3, -0.25) is 0 Å². The minimum Gasteiger partial charge on any atom is -0.369 e. The topological polar surface area (TPSA) is 76.9 Å². The second kappa shape index (κ2) is 6.34. The maximum Gasteiger partial charge on any atom is 0.133 e. The van der Waals surface area contributed by atoms with E-state index in [0.717, 1.165) is 18.9 Å². The van der Waals surface area contributed by atoms with Crippen LogP contribution >= 0.6 is 0 Å². The van der Waals surface area contributed by atoms with Crippen LogP contribution in [0.3, 0.4) is 0 Å². The summed E-state index contributed by atoms with van der Waals surface area (Å²) in [5, 5.41) is 15.4. The SMILES string of the molecule is Cc1nc(NCCN(C)C)cc(NC(C)(C)C#N)n1. The van der Waals surface area contributed by atoms with Crippen molar-refractivity contribution < 1.29 is 0 Å². The lowest BCUT2D eigenvalue weighted by Crippen LogP contribution is -2.29. The number of nitrogens with one attached hydrogen (secondary N) is 2. The number of nitrogens with zero attached hydrogens (tertiary/aromatic N) is 4. The maximum absolute atomic E-state index is 9.02. The molecule has 0 unspecified atom stereocenters. The number of hydrogen-bond acceptors (Lipinski definition) is 6. The molecule has 0 saturated carbocycles. The lowest BCUT2D eigenvalue weighted by Gasteiger charge is -2.19. The van der Waals surface area contributed by atoms with Crippen LogP contribution in [0.15, 0.2) is 6.07 Å². The second-order valence-corrected chi connectivity index (χ2v) is 5.28. The van der Waals surface area contributed by atoms with E-state index >= 15 is 0 Å². The molecule has 0 radical (unpaired) electrons. The first-order valence-corrected chi connectivity index (χ1v) is 6.26. The minimum atomic E-state index is -0.651. The van der Waals surface area contributed by atoms with Gasteiger partial charge in [0.15, 0.2) is 0 Å². The van der Waals surface area contributed by atoms with E-state index in [9.17, 15) is 0 Å². The molecule has 2 N–H and O–H groups in total. The van der Waals surface area contributed by atoms with Gasteiger partial charge in [0.2, 0.25) is 0 Å². The van der Waals surface area contributed by atoms with Crippen molar-refractivity contribution in [2.75, 3.05) is 37.8 Å². The van der Waals surface area contributed by atoms with Crippen molar-refractivity contribution in [3.8, 4) is 6.07 Å². The summed E-state index contributed by atoms with van der Waals surface area (Å²) in [6.07, 6.45) is 0. The van der Waals surface area contributed by atoms with Gasteiger partial charge in [0, 0.05) is 19.2 Å². The summed E-state index contributed by atoms with van der Waals surface area (Å²) >= 11 is 0. The Labute approximate surface area is 114 Å². The summed E-state index contributed by atoms with van der Waals surface area (Å²) < 4.78 is 0. The summed E-state index contributed by atoms with van der Waals surface area (Å²) in [5.41, 5.74) is -0.651. The smallest absolute Gasteiger partial charge is 0.133 e. The predicted octanol–water partition coefficient (Wildman–Crippen LogP) is 1.47. The molecular weight excluding hydrogens is 240 g/mol. The van der Waals surface area contributed by atoms with Gasteiger partial charge in [-0.15, -0.1) is 0 Å².